The first kappa shape index (κ1) is 11.7. The van der Waals surface area contributed by atoms with Crippen molar-refractivity contribution < 1.29 is 4.79 Å². The topological polar surface area (TPSA) is 59.2 Å². The number of nitrogens with zero attached hydrogens (tertiary/aromatic N) is 2. The van der Waals surface area contributed by atoms with Gasteiger partial charge in [0.2, 0.25) is 5.91 Å². The highest BCUT2D eigenvalue weighted by molar-refractivity contribution is 5.81. The number of hydrogen-bond donors (Lipinski definition) is 1. The van der Waals surface area contributed by atoms with Crippen LogP contribution < -0.4 is 5.73 Å². The number of nitrogens with two attached hydrogens (primary N) is 1. The van der Waals surface area contributed by atoms with Crippen LogP contribution in [0.4, 0.5) is 0 Å². The number of aromatic nitrogens is 1. The zero-order chi connectivity index (χ0) is 11.4. The molecule has 1 heterocycles. The largest absolute Gasteiger partial charge is 0.338 e. The highest BCUT2D eigenvalue weighted by atomic mass is 16.2. The quantitative estimate of drug-likeness (QED) is 0.802. The summed E-state index contributed by atoms with van der Waals surface area (Å²) in [4.78, 5) is 17.2. The summed E-state index contributed by atoms with van der Waals surface area (Å²) >= 11 is 0. The molecule has 4 nitrogen and oxygen atoms in total. The van der Waals surface area contributed by atoms with Crippen molar-refractivity contribution >= 4 is 5.91 Å². The van der Waals surface area contributed by atoms with Gasteiger partial charge in [-0.2, -0.15) is 0 Å². The van der Waals surface area contributed by atoms with Gasteiger partial charge in [-0.25, -0.2) is 0 Å². The summed E-state index contributed by atoms with van der Waals surface area (Å²) in [5, 5.41) is 0. The third-order valence-electron chi connectivity index (χ3n) is 2.51. The van der Waals surface area contributed by atoms with Gasteiger partial charge in [-0.05, 0) is 31.5 Å². The van der Waals surface area contributed by atoms with Gasteiger partial charge < -0.3 is 10.6 Å². The minimum atomic E-state index is -0.459. The second-order valence-electron chi connectivity index (χ2n) is 3.69. The number of rotatable bonds is 3. The molecule has 0 fully saturated rings. The van der Waals surface area contributed by atoms with E-state index in [0.29, 0.717) is 0 Å². The fourth-order valence-corrected chi connectivity index (χ4v) is 1.38. The van der Waals surface area contributed by atoms with Crippen molar-refractivity contribution in [1.82, 2.24) is 9.88 Å². The van der Waals surface area contributed by atoms with E-state index >= 15 is 0 Å². The maximum atomic E-state index is 11.6. The van der Waals surface area contributed by atoms with Crippen LogP contribution in [0.1, 0.15) is 25.5 Å². The third kappa shape index (κ3) is 2.76. The van der Waals surface area contributed by atoms with Crippen molar-refractivity contribution in [1.29, 1.82) is 0 Å². The second-order valence-corrected chi connectivity index (χ2v) is 3.69. The number of pyridine rings is 1. The molecule has 1 unspecified atom stereocenters. The third-order valence-corrected chi connectivity index (χ3v) is 2.51. The van der Waals surface area contributed by atoms with Crippen LogP contribution in [0.2, 0.25) is 0 Å². The smallest absolute Gasteiger partial charge is 0.239 e. The van der Waals surface area contributed by atoms with Gasteiger partial charge in [0.15, 0.2) is 0 Å². The molecule has 0 saturated heterocycles. The lowest BCUT2D eigenvalue weighted by Crippen LogP contribution is -2.40. The summed E-state index contributed by atoms with van der Waals surface area (Å²) in [7, 11) is 1.76. The molecule has 0 spiro atoms. The van der Waals surface area contributed by atoms with E-state index in [1.165, 1.54) is 0 Å². The van der Waals surface area contributed by atoms with Crippen LogP contribution in [0.25, 0.3) is 0 Å². The predicted molar refractivity (Wildman–Crippen MR) is 59.1 cm³/mol. The van der Waals surface area contributed by atoms with Gasteiger partial charge in [0, 0.05) is 19.4 Å². The van der Waals surface area contributed by atoms with Crippen molar-refractivity contribution in [2.24, 2.45) is 5.73 Å². The fraction of sp³-hybridized carbons (Fsp3) is 0.455. The van der Waals surface area contributed by atoms with Gasteiger partial charge in [-0.1, -0.05) is 0 Å². The standard InChI is InChI=1S/C11H17N3O/c1-8(12)11(15)14(3)9(2)10-4-6-13-7-5-10/h4-9H,12H2,1-3H3/t8-,9?/m1/s1. The van der Waals surface area contributed by atoms with E-state index < -0.39 is 6.04 Å². The molecule has 0 aliphatic heterocycles. The van der Waals surface area contributed by atoms with Crippen LogP contribution in [-0.4, -0.2) is 28.9 Å². The van der Waals surface area contributed by atoms with E-state index in [1.807, 2.05) is 19.1 Å². The van der Waals surface area contributed by atoms with Crippen LogP contribution in [0.3, 0.4) is 0 Å². The molecule has 2 atom stereocenters. The van der Waals surface area contributed by atoms with Crippen LogP contribution in [0, 0.1) is 0 Å². The average molecular weight is 207 g/mol. The van der Waals surface area contributed by atoms with E-state index in [4.69, 9.17) is 5.73 Å². The molecule has 1 aromatic rings. The van der Waals surface area contributed by atoms with Gasteiger partial charge >= 0.3 is 0 Å². The van der Waals surface area contributed by atoms with Crippen LogP contribution >= 0.6 is 0 Å². The monoisotopic (exact) mass is 207 g/mol. The van der Waals surface area contributed by atoms with Crippen molar-refractivity contribution in [2.45, 2.75) is 25.9 Å². The van der Waals surface area contributed by atoms with Crippen LogP contribution in [-0.2, 0) is 4.79 Å². The van der Waals surface area contributed by atoms with Crippen molar-refractivity contribution in [3.05, 3.63) is 30.1 Å². The van der Waals surface area contributed by atoms with Gasteiger partial charge in [0.25, 0.3) is 0 Å². The minimum Gasteiger partial charge on any atom is -0.338 e. The summed E-state index contributed by atoms with van der Waals surface area (Å²) in [6.07, 6.45) is 3.44. The normalized spacial score (nSPS) is 14.4. The molecule has 0 radical (unpaired) electrons. The molecule has 0 aliphatic rings. The highest BCUT2D eigenvalue weighted by Crippen LogP contribution is 2.17. The molecule has 2 N–H and O–H groups in total. The maximum absolute atomic E-state index is 11.6. The highest BCUT2D eigenvalue weighted by Gasteiger charge is 2.19. The lowest BCUT2D eigenvalue weighted by molar-refractivity contribution is -0.132. The van der Waals surface area contributed by atoms with Gasteiger partial charge in [0.05, 0.1) is 12.1 Å². The van der Waals surface area contributed by atoms with Crippen molar-refractivity contribution in [3.63, 3.8) is 0 Å². The number of carbonyl (C=O) groups is 1. The Morgan fingerprint density at radius 3 is 2.40 bits per heavy atom. The van der Waals surface area contributed by atoms with Gasteiger partial charge in [0.1, 0.15) is 0 Å². The number of hydrogen-bond acceptors (Lipinski definition) is 3. The van der Waals surface area contributed by atoms with E-state index in [9.17, 15) is 4.79 Å². The summed E-state index contributed by atoms with van der Waals surface area (Å²) < 4.78 is 0. The summed E-state index contributed by atoms with van der Waals surface area (Å²) in [6.45, 7) is 3.66. The SMILES string of the molecule is CC(c1ccncc1)N(C)C(=O)[C@@H](C)N. The molecule has 0 aromatic carbocycles. The van der Waals surface area contributed by atoms with Gasteiger partial charge in [-0.3, -0.25) is 9.78 Å². The molecule has 1 aromatic heterocycles. The molecular formula is C11H17N3O. The summed E-state index contributed by atoms with van der Waals surface area (Å²) in [5.41, 5.74) is 6.61. The Balaban J connectivity index is 2.77. The number of likely N-dealkylation sites (N-methyl/N-ethyl adjacent to an activating group) is 1. The Hall–Kier alpha value is -1.42. The summed E-state index contributed by atoms with van der Waals surface area (Å²) in [5.74, 6) is -0.0562. The Labute approximate surface area is 90.1 Å². The van der Waals surface area contributed by atoms with E-state index in [0.717, 1.165) is 5.56 Å². The predicted octanol–water partition coefficient (Wildman–Crippen LogP) is 0.948. The summed E-state index contributed by atoms with van der Waals surface area (Å²) in [6, 6.07) is 3.36. The minimum absolute atomic E-state index is 0.0199. The van der Waals surface area contributed by atoms with Crippen LogP contribution in [0.15, 0.2) is 24.5 Å². The molecule has 1 rings (SSSR count). The van der Waals surface area contributed by atoms with Crippen LogP contribution in [0.5, 0.6) is 0 Å². The lowest BCUT2D eigenvalue weighted by Gasteiger charge is -2.26. The van der Waals surface area contributed by atoms with E-state index in [2.05, 4.69) is 4.98 Å². The fourth-order valence-electron chi connectivity index (χ4n) is 1.38. The second kappa shape index (κ2) is 4.89. The first-order valence-corrected chi connectivity index (χ1v) is 4.96. The zero-order valence-corrected chi connectivity index (χ0v) is 9.34. The number of amides is 1. The molecule has 0 aliphatic carbocycles. The Bertz CT molecular complexity index is 324. The molecule has 4 heteroatoms. The Kier molecular flexibility index (Phi) is 3.80. The molecule has 1 amide bonds. The molecule has 15 heavy (non-hydrogen) atoms. The van der Waals surface area contributed by atoms with E-state index in [-0.39, 0.29) is 11.9 Å². The Morgan fingerprint density at radius 1 is 1.40 bits per heavy atom. The molecular weight excluding hydrogens is 190 g/mol. The first-order chi connectivity index (χ1) is 7.04. The number of carbonyl (C=O) groups excluding carboxylic acids is 1. The molecule has 82 valence electrons. The Morgan fingerprint density at radius 2 is 1.93 bits per heavy atom. The van der Waals surface area contributed by atoms with Gasteiger partial charge in [-0.15, -0.1) is 0 Å². The average Bonchev–Trinajstić information content (AvgIpc) is 2.27. The van der Waals surface area contributed by atoms with E-state index in [1.54, 1.807) is 31.3 Å². The van der Waals surface area contributed by atoms with Crippen molar-refractivity contribution in [2.75, 3.05) is 7.05 Å². The zero-order valence-electron chi connectivity index (χ0n) is 9.34. The molecule has 0 saturated carbocycles. The van der Waals surface area contributed by atoms with Crippen molar-refractivity contribution in [3.8, 4) is 0 Å². The maximum Gasteiger partial charge on any atom is 0.239 e. The lowest BCUT2D eigenvalue weighted by atomic mass is 10.1. The first-order valence-electron chi connectivity index (χ1n) is 4.96. The molecule has 0 bridgehead atoms.